The summed E-state index contributed by atoms with van der Waals surface area (Å²) in [5.41, 5.74) is 1.08. The van der Waals surface area contributed by atoms with Crippen LogP contribution in [0.5, 0.6) is 0 Å². The monoisotopic (exact) mass is 348 g/mol. The van der Waals surface area contributed by atoms with Crippen molar-refractivity contribution in [2.45, 2.75) is 11.8 Å². The van der Waals surface area contributed by atoms with Gasteiger partial charge in [0, 0.05) is 32.7 Å². The highest BCUT2D eigenvalue weighted by atomic mass is 35.5. The standard InChI is InChI=1S/C14H18Cl2N2O2S/c1-11(2)10-17-5-7-18(8-6-17)21(19,20)12-3-4-13(15)14(16)9-12/h3-4,9H,1,5-8,10H2,2H3. The maximum Gasteiger partial charge on any atom is 0.243 e. The van der Waals surface area contributed by atoms with Gasteiger partial charge in [-0.1, -0.05) is 35.4 Å². The molecule has 7 heteroatoms. The van der Waals surface area contributed by atoms with Gasteiger partial charge in [0.05, 0.1) is 14.9 Å². The first-order chi connectivity index (χ1) is 9.80. The second kappa shape index (κ2) is 6.67. The molecule has 0 radical (unpaired) electrons. The molecule has 0 atom stereocenters. The second-order valence-electron chi connectivity index (χ2n) is 5.21. The number of nitrogens with zero attached hydrogens (tertiary/aromatic N) is 2. The molecule has 1 aromatic rings. The molecule has 0 spiro atoms. The van der Waals surface area contributed by atoms with Crippen molar-refractivity contribution in [1.82, 2.24) is 9.21 Å². The van der Waals surface area contributed by atoms with Gasteiger partial charge in [-0.05, 0) is 25.1 Å². The number of rotatable bonds is 4. The third-order valence-electron chi connectivity index (χ3n) is 3.35. The normalized spacial score (nSPS) is 17.9. The van der Waals surface area contributed by atoms with Crippen molar-refractivity contribution in [3.05, 3.63) is 40.4 Å². The van der Waals surface area contributed by atoms with Crippen LogP contribution in [0.1, 0.15) is 6.92 Å². The molecule has 0 unspecified atom stereocenters. The van der Waals surface area contributed by atoms with Crippen LogP contribution in [0.2, 0.25) is 10.0 Å². The predicted molar refractivity (Wildman–Crippen MR) is 86.5 cm³/mol. The maximum atomic E-state index is 12.6. The molecule has 0 bridgehead atoms. The van der Waals surface area contributed by atoms with Gasteiger partial charge >= 0.3 is 0 Å². The van der Waals surface area contributed by atoms with E-state index in [1.165, 1.54) is 22.5 Å². The van der Waals surface area contributed by atoms with Crippen molar-refractivity contribution in [2.75, 3.05) is 32.7 Å². The Balaban J connectivity index is 2.11. The van der Waals surface area contributed by atoms with Crippen LogP contribution >= 0.6 is 23.2 Å². The number of benzene rings is 1. The highest BCUT2D eigenvalue weighted by Crippen LogP contribution is 2.27. The summed E-state index contributed by atoms with van der Waals surface area (Å²) < 4.78 is 26.6. The van der Waals surface area contributed by atoms with Crippen LogP contribution in [0.15, 0.2) is 35.2 Å². The van der Waals surface area contributed by atoms with Gasteiger partial charge in [0.1, 0.15) is 0 Å². The molecule has 116 valence electrons. The SMILES string of the molecule is C=C(C)CN1CCN(S(=O)(=O)c2ccc(Cl)c(Cl)c2)CC1. The molecule has 0 aliphatic carbocycles. The quantitative estimate of drug-likeness (QED) is 0.785. The highest BCUT2D eigenvalue weighted by molar-refractivity contribution is 7.89. The summed E-state index contributed by atoms with van der Waals surface area (Å²) in [5, 5.41) is 0.598. The van der Waals surface area contributed by atoms with Crippen molar-refractivity contribution in [1.29, 1.82) is 0 Å². The molecular weight excluding hydrogens is 331 g/mol. The van der Waals surface area contributed by atoms with Gasteiger partial charge in [-0.15, -0.1) is 0 Å². The van der Waals surface area contributed by atoms with E-state index in [4.69, 9.17) is 23.2 Å². The third-order valence-corrected chi connectivity index (χ3v) is 5.99. The lowest BCUT2D eigenvalue weighted by Crippen LogP contribution is -2.48. The van der Waals surface area contributed by atoms with Gasteiger partial charge in [-0.25, -0.2) is 8.42 Å². The molecule has 1 fully saturated rings. The fraction of sp³-hybridized carbons (Fsp3) is 0.429. The Kier molecular flexibility index (Phi) is 5.33. The zero-order valence-electron chi connectivity index (χ0n) is 11.8. The summed E-state index contributed by atoms with van der Waals surface area (Å²) in [7, 11) is -3.51. The first-order valence-electron chi connectivity index (χ1n) is 6.62. The number of piperazine rings is 1. The van der Waals surface area contributed by atoms with Gasteiger partial charge in [-0.2, -0.15) is 4.31 Å². The van der Waals surface area contributed by atoms with Crippen molar-refractivity contribution < 1.29 is 8.42 Å². The van der Waals surface area contributed by atoms with Gasteiger partial charge in [0.2, 0.25) is 10.0 Å². The molecule has 0 aromatic heterocycles. The van der Waals surface area contributed by atoms with E-state index in [0.29, 0.717) is 31.2 Å². The summed E-state index contributed by atoms with van der Waals surface area (Å²) >= 11 is 11.7. The first-order valence-corrected chi connectivity index (χ1v) is 8.82. The zero-order chi connectivity index (χ0) is 15.6. The molecule has 1 saturated heterocycles. The largest absolute Gasteiger partial charge is 0.297 e. The fourth-order valence-electron chi connectivity index (χ4n) is 2.30. The number of hydrogen-bond acceptors (Lipinski definition) is 3. The molecule has 1 aliphatic rings. The van der Waals surface area contributed by atoms with E-state index in [9.17, 15) is 8.42 Å². The van der Waals surface area contributed by atoms with Gasteiger partial charge < -0.3 is 0 Å². The van der Waals surface area contributed by atoms with Gasteiger partial charge in [-0.3, -0.25) is 4.90 Å². The van der Waals surface area contributed by atoms with E-state index in [0.717, 1.165) is 12.1 Å². The van der Waals surface area contributed by atoms with E-state index < -0.39 is 10.0 Å². The van der Waals surface area contributed by atoms with Crippen LogP contribution < -0.4 is 0 Å². The molecule has 0 amide bonds. The summed E-state index contributed by atoms with van der Waals surface area (Å²) in [4.78, 5) is 2.38. The summed E-state index contributed by atoms with van der Waals surface area (Å²) in [6, 6.07) is 4.40. The van der Waals surface area contributed by atoms with Gasteiger partial charge in [0.25, 0.3) is 0 Å². The maximum absolute atomic E-state index is 12.6. The molecule has 1 aliphatic heterocycles. The smallest absolute Gasteiger partial charge is 0.243 e. The third kappa shape index (κ3) is 3.99. The predicted octanol–water partition coefficient (Wildman–Crippen LogP) is 2.88. The Bertz CT molecular complexity index is 638. The minimum absolute atomic E-state index is 0.185. The van der Waals surface area contributed by atoms with Crippen molar-refractivity contribution >= 4 is 33.2 Å². The molecule has 1 aromatic carbocycles. The van der Waals surface area contributed by atoms with Crippen LogP contribution in [0.4, 0.5) is 0 Å². The second-order valence-corrected chi connectivity index (χ2v) is 7.97. The minimum Gasteiger partial charge on any atom is -0.297 e. The average Bonchev–Trinajstić information content (AvgIpc) is 2.41. The number of hydrogen-bond donors (Lipinski definition) is 0. The Morgan fingerprint density at radius 3 is 2.33 bits per heavy atom. The number of sulfonamides is 1. The minimum atomic E-state index is -3.51. The Labute approximate surface area is 136 Å². The molecule has 2 rings (SSSR count). The Hall–Kier alpha value is -0.590. The van der Waals surface area contributed by atoms with Crippen LogP contribution in [0.3, 0.4) is 0 Å². The summed E-state index contributed by atoms with van der Waals surface area (Å²) in [6.45, 7) is 9.00. The van der Waals surface area contributed by atoms with Crippen LogP contribution in [0.25, 0.3) is 0 Å². The lowest BCUT2D eigenvalue weighted by atomic mass is 10.3. The Morgan fingerprint density at radius 1 is 1.19 bits per heavy atom. The van der Waals surface area contributed by atoms with E-state index in [1.807, 2.05) is 6.92 Å². The first kappa shape index (κ1) is 16.8. The van der Waals surface area contributed by atoms with E-state index in [1.54, 1.807) is 0 Å². The Morgan fingerprint density at radius 2 is 1.81 bits per heavy atom. The summed E-state index contributed by atoms with van der Waals surface area (Å²) in [6.07, 6.45) is 0. The molecule has 0 N–H and O–H groups in total. The topological polar surface area (TPSA) is 40.6 Å². The van der Waals surface area contributed by atoms with E-state index in [2.05, 4.69) is 11.5 Å². The average molecular weight is 349 g/mol. The zero-order valence-corrected chi connectivity index (χ0v) is 14.2. The van der Waals surface area contributed by atoms with E-state index >= 15 is 0 Å². The highest BCUT2D eigenvalue weighted by Gasteiger charge is 2.28. The molecule has 0 saturated carbocycles. The lowest BCUT2D eigenvalue weighted by Gasteiger charge is -2.34. The summed E-state index contributed by atoms with van der Waals surface area (Å²) in [5.74, 6) is 0. The van der Waals surface area contributed by atoms with Crippen molar-refractivity contribution in [2.24, 2.45) is 0 Å². The van der Waals surface area contributed by atoms with E-state index in [-0.39, 0.29) is 9.92 Å². The number of halogens is 2. The van der Waals surface area contributed by atoms with Crippen molar-refractivity contribution in [3.8, 4) is 0 Å². The van der Waals surface area contributed by atoms with Gasteiger partial charge in [0.15, 0.2) is 0 Å². The molecule has 21 heavy (non-hydrogen) atoms. The van der Waals surface area contributed by atoms with Crippen LogP contribution in [0, 0.1) is 0 Å². The van der Waals surface area contributed by atoms with Crippen LogP contribution in [-0.4, -0.2) is 50.3 Å². The fourth-order valence-corrected chi connectivity index (χ4v) is 4.11. The van der Waals surface area contributed by atoms with Crippen LogP contribution in [-0.2, 0) is 10.0 Å². The lowest BCUT2D eigenvalue weighted by molar-refractivity contribution is 0.201. The molecular formula is C14H18Cl2N2O2S. The molecule has 1 heterocycles. The molecule has 4 nitrogen and oxygen atoms in total. The van der Waals surface area contributed by atoms with Crippen molar-refractivity contribution in [3.63, 3.8) is 0 Å².